The highest BCUT2D eigenvalue weighted by molar-refractivity contribution is 9.11. The van der Waals surface area contributed by atoms with Crippen molar-refractivity contribution in [3.63, 3.8) is 0 Å². The van der Waals surface area contributed by atoms with E-state index in [9.17, 15) is 13.2 Å². The Labute approximate surface area is 112 Å². The lowest BCUT2D eigenvalue weighted by atomic mass is 10.3. The number of thiophene rings is 1. The van der Waals surface area contributed by atoms with Crippen LogP contribution in [0.2, 0.25) is 0 Å². The number of nitrogens with one attached hydrogen (secondary N) is 2. The second-order valence-electron chi connectivity index (χ2n) is 3.80. The maximum absolute atomic E-state index is 12.1. The number of rotatable bonds is 3. The summed E-state index contributed by atoms with van der Waals surface area (Å²) >= 11 is 4.63. The molecule has 17 heavy (non-hydrogen) atoms. The lowest BCUT2D eigenvalue weighted by molar-refractivity contribution is -0.119. The Kier molecular flexibility index (Phi) is 3.58. The van der Waals surface area contributed by atoms with Crippen LogP contribution in [0.3, 0.4) is 0 Å². The van der Waals surface area contributed by atoms with Gasteiger partial charge in [0.05, 0.1) is 8.68 Å². The molecular weight excluding hydrogens is 328 g/mol. The van der Waals surface area contributed by atoms with E-state index in [-0.39, 0.29) is 23.3 Å². The van der Waals surface area contributed by atoms with Gasteiger partial charge in [-0.2, -0.15) is 0 Å². The van der Waals surface area contributed by atoms with E-state index in [0.717, 1.165) is 8.66 Å². The van der Waals surface area contributed by atoms with E-state index in [1.165, 1.54) is 11.3 Å². The third kappa shape index (κ3) is 2.87. The van der Waals surface area contributed by atoms with Gasteiger partial charge in [-0.3, -0.25) is 4.79 Å². The molecule has 1 atom stereocenters. The summed E-state index contributed by atoms with van der Waals surface area (Å²) in [6.45, 7) is 2.10. The maximum Gasteiger partial charge on any atom is 0.242 e. The van der Waals surface area contributed by atoms with Crippen molar-refractivity contribution in [1.82, 2.24) is 10.0 Å². The highest BCUT2D eigenvalue weighted by atomic mass is 79.9. The molecular formula is C9H11BrN2O3S2. The van der Waals surface area contributed by atoms with E-state index in [0.29, 0.717) is 6.54 Å². The number of amides is 1. The molecule has 1 aliphatic rings. The van der Waals surface area contributed by atoms with Gasteiger partial charge in [0.2, 0.25) is 15.9 Å². The van der Waals surface area contributed by atoms with E-state index in [1.54, 1.807) is 13.0 Å². The zero-order valence-corrected chi connectivity index (χ0v) is 12.2. The van der Waals surface area contributed by atoms with E-state index < -0.39 is 10.0 Å². The standard InChI is InChI=1S/C9H11BrN2O3S2/c1-5-7(3-8(10)16-5)17(14,15)12-6-2-9(13)11-4-6/h3,6,12H,2,4H2,1H3,(H,11,13). The summed E-state index contributed by atoms with van der Waals surface area (Å²) < 4.78 is 27.4. The molecule has 0 aromatic carbocycles. The van der Waals surface area contributed by atoms with Crippen LogP contribution >= 0.6 is 27.3 Å². The van der Waals surface area contributed by atoms with Crippen LogP contribution < -0.4 is 10.0 Å². The number of sulfonamides is 1. The zero-order valence-electron chi connectivity index (χ0n) is 8.99. The summed E-state index contributed by atoms with van der Waals surface area (Å²) in [4.78, 5) is 12.0. The van der Waals surface area contributed by atoms with Crippen LogP contribution in [0, 0.1) is 6.92 Å². The normalized spacial score (nSPS) is 20.6. The monoisotopic (exact) mass is 338 g/mol. The molecule has 5 nitrogen and oxygen atoms in total. The molecule has 1 unspecified atom stereocenters. The third-order valence-corrected chi connectivity index (χ3v) is 5.76. The van der Waals surface area contributed by atoms with Crippen LogP contribution in [0.4, 0.5) is 0 Å². The SMILES string of the molecule is Cc1sc(Br)cc1S(=O)(=O)NC1CNC(=O)C1. The largest absolute Gasteiger partial charge is 0.354 e. The average molecular weight is 339 g/mol. The number of hydrogen-bond acceptors (Lipinski definition) is 4. The lowest BCUT2D eigenvalue weighted by Crippen LogP contribution is -2.36. The number of aryl methyl sites for hydroxylation is 1. The fourth-order valence-corrected chi connectivity index (χ4v) is 5.32. The number of carbonyl (C=O) groups is 1. The van der Waals surface area contributed by atoms with Crippen molar-refractivity contribution in [3.05, 3.63) is 14.7 Å². The van der Waals surface area contributed by atoms with Crippen molar-refractivity contribution >= 4 is 43.2 Å². The minimum Gasteiger partial charge on any atom is -0.354 e. The Morgan fingerprint density at radius 1 is 1.59 bits per heavy atom. The van der Waals surface area contributed by atoms with Crippen molar-refractivity contribution in [3.8, 4) is 0 Å². The molecule has 0 aliphatic carbocycles. The van der Waals surface area contributed by atoms with Gasteiger partial charge in [-0.25, -0.2) is 13.1 Å². The first kappa shape index (κ1) is 13.0. The minimum absolute atomic E-state index is 0.124. The molecule has 1 amide bonds. The third-order valence-electron chi connectivity index (χ3n) is 2.43. The highest BCUT2D eigenvalue weighted by Crippen LogP contribution is 2.29. The van der Waals surface area contributed by atoms with Gasteiger partial charge in [-0.1, -0.05) is 0 Å². The van der Waals surface area contributed by atoms with Crippen LogP contribution in [0.15, 0.2) is 14.7 Å². The minimum atomic E-state index is -3.54. The Hall–Kier alpha value is -0.440. The molecule has 1 aromatic rings. The fraction of sp³-hybridized carbons (Fsp3) is 0.444. The van der Waals surface area contributed by atoms with E-state index in [2.05, 4.69) is 26.0 Å². The molecule has 1 fully saturated rings. The zero-order chi connectivity index (χ0) is 12.6. The topological polar surface area (TPSA) is 75.3 Å². The highest BCUT2D eigenvalue weighted by Gasteiger charge is 2.28. The number of hydrogen-bond donors (Lipinski definition) is 2. The molecule has 0 radical (unpaired) electrons. The molecule has 0 saturated carbocycles. The summed E-state index contributed by atoms with van der Waals surface area (Å²) in [6, 6.07) is 1.22. The van der Waals surface area contributed by atoms with Crippen molar-refractivity contribution < 1.29 is 13.2 Å². The predicted octanol–water partition coefficient (Wildman–Crippen LogP) is 0.986. The molecule has 8 heteroatoms. The summed E-state index contributed by atoms with van der Waals surface area (Å²) in [5.41, 5.74) is 0. The van der Waals surface area contributed by atoms with Gasteiger partial charge in [-0.05, 0) is 28.9 Å². The second kappa shape index (κ2) is 4.68. The van der Waals surface area contributed by atoms with E-state index in [4.69, 9.17) is 0 Å². The first-order valence-corrected chi connectivity index (χ1v) is 8.03. The molecule has 94 valence electrons. The number of carbonyl (C=O) groups excluding carboxylic acids is 1. The van der Waals surface area contributed by atoms with Crippen LogP contribution in [0.5, 0.6) is 0 Å². The van der Waals surface area contributed by atoms with Gasteiger partial charge >= 0.3 is 0 Å². The van der Waals surface area contributed by atoms with Crippen molar-refractivity contribution in [2.75, 3.05) is 6.54 Å². The van der Waals surface area contributed by atoms with Gasteiger partial charge in [0, 0.05) is 23.9 Å². The predicted molar refractivity (Wildman–Crippen MR) is 68.5 cm³/mol. The molecule has 0 spiro atoms. The lowest BCUT2D eigenvalue weighted by Gasteiger charge is -2.10. The van der Waals surface area contributed by atoms with Gasteiger partial charge < -0.3 is 5.32 Å². The van der Waals surface area contributed by atoms with Crippen molar-refractivity contribution in [2.24, 2.45) is 0 Å². The molecule has 2 rings (SSSR count). The van der Waals surface area contributed by atoms with Crippen molar-refractivity contribution in [2.45, 2.75) is 24.3 Å². The molecule has 1 aliphatic heterocycles. The first-order valence-electron chi connectivity index (χ1n) is 4.93. The van der Waals surface area contributed by atoms with Gasteiger partial charge in [0.15, 0.2) is 0 Å². The van der Waals surface area contributed by atoms with Crippen LogP contribution in [0.1, 0.15) is 11.3 Å². The maximum atomic E-state index is 12.1. The van der Waals surface area contributed by atoms with Gasteiger partial charge in [0.1, 0.15) is 0 Å². The van der Waals surface area contributed by atoms with Crippen molar-refractivity contribution in [1.29, 1.82) is 0 Å². The van der Waals surface area contributed by atoms with Gasteiger partial charge in [-0.15, -0.1) is 11.3 Å². The average Bonchev–Trinajstić information content (AvgIpc) is 2.72. The molecule has 2 N–H and O–H groups in total. The summed E-state index contributed by atoms with van der Waals surface area (Å²) in [7, 11) is -3.54. The quantitative estimate of drug-likeness (QED) is 0.862. The van der Waals surface area contributed by atoms with Crippen LogP contribution in [0.25, 0.3) is 0 Å². The summed E-state index contributed by atoms with van der Waals surface area (Å²) in [5, 5.41) is 2.59. The Morgan fingerprint density at radius 3 is 2.76 bits per heavy atom. The molecule has 2 heterocycles. The first-order chi connectivity index (χ1) is 7.88. The molecule has 0 bridgehead atoms. The second-order valence-corrected chi connectivity index (χ2v) is 8.12. The molecule has 1 saturated heterocycles. The Bertz CT molecular complexity index is 553. The summed E-state index contributed by atoms with van der Waals surface area (Å²) in [6.07, 6.45) is 0.198. The summed E-state index contributed by atoms with van der Waals surface area (Å²) in [5.74, 6) is -0.124. The van der Waals surface area contributed by atoms with E-state index >= 15 is 0 Å². The van der Waals surface area contributed by atoms with Gasteiger partial charge in [0.25, 0.3) is 0 Å². The fourth-order valence-electron chi connectivity index (χ4n) is 1.67. The number of halogens is 1. The van der Waals surface area contributed by atoms with Crippen LogP contribution in [-0.4, -0.2) is 26.9 Å². The molecule has 1 aromatic heterocycles. The Morgan fingerprint density at radius 2 is 2.29 bits per heavy atom. The smallest absolute Gasteiger partial charge is 0.242 e. The Balaban J connectivity index is 2.19. The van der Waals surface area contributed by atoms with Crippen LogP contribution in [-0.2, 0) is 14.8 Å². The van der Waals surface area contributed by atoms with E-state index in [1.807, 2.05) is 0 Å².